The highest BCUT2D eigenvalue weighted by Gasteiger charge is 2.16. The molecule has 4 rings (SSSR count). The van der Waals surface area contributed by atoms with Crippen molar-refractivity contribution in [1.82, 2.24) is 14.3 Å². The van der Waals surface area contributed by atoms with Crippen molar-refractivity contribution in [2.24, 2.45) is 7.05 Å². The number of nitrogens with zero attached hydrogens (tertiary/aromatic N) is 3. The standard InChI is InChI=1S/C20H18BrN3O2/c1-12-8-15-18(17(21)9-12)16-10-22-24(19(16)23(2)20(15)25)11-13-4-6-14(26-3)7-5-13/h4-10H,11H2,1-3H3. The molecule has 0 saturated carbocycles. The van der Waals surface area contributed by atoms with Crippen LogP contribution in [0.2, 0.25) is 0 Å². The van der Waals surface area contributed by atoms with Gasteiger partial charge in [-0.15, -0.1) is 0 Å². The van der Waals surface area contributed by atoms with E-state index in [1.807, 2.05) is 54.2 Å². The lowest BCUT2D eigenvalue weighted by Crippen LogP contribution is -2.20. The molecule has 0 fully saturated rings. The SMILES string of the molecule is COc1ccc(Cn2ncc3c4c(Br)cc(C)cc4c(=O)n(C)c32)cc1. The Labute approximate surface area is 158 Å². The van der Waals surface area contributed by atoms with Crippen LogP contribution < -0.4 is 10.3 Å². The van der Waals surface area contributed by atoms with Crippen molar-refractivity contribution < 1.29 is 4.74 Å². The highest BCUT2D eigenvalue weighted by Crippen LogP contribution is 2.30. The second kappa shape index (κ2) is 6.29. The van der Waals surface area contributed by atoms with Crippen molar-refractivity contribution >= 4 is 37.7 Å². The number of hydrogen-bond acceptors (Lipinski definition) is 3. The zero-order valence-electron chi connectivity index (χ0n) is 14.8. The Balaban J connectivity index is 1.94. The number of aryl methyl sites for hydroxylation is 2. The average molecular weight is 412 g/mol. The van der Waals surface area contributed by atoms with Crippen LogP contribution in [0.25, 0.3) is 21.8 Å². The van der Waals surface area contributed by atoms with Gasteiger partial charge in [0.25, 0.3) is 5.56 Å². The number of hydrogen-bond donors (Lipinski definition) is 0. The first kappa shape index (κ1) is 16.8. The summed E-state index contributed by atoms with van der Waals surface area (Å²) in [6.45, 7) is 2.57. The Morgan fingerprint density at radius 2 is 1.88 bits per heavy atom. The van der Waals surface area contributed by atoms with Gasteiger partial charge in [0.15, 0.2) is 0 Å². The molecule has 0 aliphatic carbocycles. The number of benzene rings is 2. The maximum absolute atomic E-state index is 12.9. The smallest absolute Gasteiger partial charge is 0.259 e. The number of fused-ring (bicyclic) bond motifs is 3. The maximum Gasteiger partial charge on any atom is 0.259 e. The first-order chi connectivity index (χ1) is 12.5. The van der Waals surface area contributed by atoms with Gasteiger partial charge in [-0.25, -0.2) is 4.68 Å². The van der Waals surface area contributed by atoms with Crippen molar-refractivity contribution in [3.8, 4) is 5.75 Å². The van der Waals surface area contributed by atoms with Crippen LogP contribution in [0.15, 0.2) is 51.9 Å². The normalized spacial score (nSPS) is 11.4. The maximum atomic E-state index is 12.9. The summed E-state index contributed by atoms with van der Waals surface area (Å²) in [6.07, 6.45) is 1.83. The first-order valence-electron chi connectivity index (χ1n) is 8.27. The van der Waals surface area contributed by atoms with E-state index in [0.29, 0.717) is 11.9 Å². The summed E-state index contributed by atoms with van der Waals surface area (Å²) in [5.74, 6) is 0.816. The minimum absolute atomic E-state index is 0.0200. The molecule has 0 atom stereocenters. The molecule has 5 nitrogen and oxygen atoms in total. The first-order valence-corrected chi connectivity index (χ1v) is 9.06. The van der Waals surface area contributed by atoms with E-state index in [2.05, 4.69) is 21.0 Å². The highest BCUT2D eigenvalue weighted by molar-refractivity contribution is 9.10. The second-order valence-corrected chi connectivity index (χ2v) is 7.28. The molecule has 2 aromatic heterocycles. The second-order valence-electron chi connectivity index (χ2n) is 6.42. The van der Waals surface area contributed by atoms with Gasteiger partial charge in [-0.2, -0.15) is 5.10 Å². The molecule has 0 aliphatic heterocycles. The van der Waals surface area contributed by atoms with Gasteiger partial charge in [-0.05, 0) is 42.3 Å². The van der Waals surface area contributed by atoms with Crippen LogP contribution in [0, 0.1) is 6.92 Å². The summed E-state index contributed by atoms with van der Waals surface area (Å²) < 4.78 is 9.67. The Morgan fingerprint density at radius 3 is 2.58 bits per heavy atom. The fraction of sp³-hybridized carbons (Fsp3) is 0.200. The molecule has 2 aromatic carbocycles. The Morgan fingerprint density at radius 1 is 1.15 bits per heavy atom. The third-order valence-electron chi connectivity index (χ3n) is 4.66. The molecule has 6 heteroatoms. The lowest BCUT2D eigenvalue weighted by Gasteiger charge is -2.11. The fourth-order valence-electron chi connectivity index (χ4n) is 3.39. The van der Waals surface area contributed by atoms with Crippen molar-refractivity contribution in [1.29, 1.82) is 0 Å². The Bertz CT molecular complexity index is 1190. The van der Waals surface area contributed by atoms with Crippen LogP contribution in [0.4, 0.5) is 0 Å². The van der Waals surface area contributed by atoms with Gasteiger partial charge in [0, 0.05) is 27.7 Å². The number of pyridine rings is 1. The van der Waals surface area contributed by atoms with Gasteiger partial charge < -0.3 is 4.74 Å². The topological polar surface area (TPSA) is 49.1 Å². The van der Waals surface area contributed by atoms with E-state index in [4.69, 9.17) is 4.74 Å². The Hall–Kier alpha value is -2.60. The van der Waals surface area contributed by atoms with E-state index in [1.54, 1.807) is 18.7 Å². The van der Waals surface area contributed by atoms with E-state index < -0.39 is 0 Å². The number of methoxy groups -OCH3 is 1. The zero-order valence-corrected chi connectivity index (χ0v) is 16.4. The summed E-state index contributed by atoms with van der Waals surface area (Å²) in [7, 11) is 3.45. The van der Waals surface area contributed by atoms with Crippen LogP contribution in [-0.2, 0) is 13.6 Å². The number of halogens is 1. The van der Waals surface area contributed by atoms with Gasteiger partial charge in [0.1, 0.15) is 11.4 Å². The zero-order chi connectivity index (χ0) is 18.4. The molecule has 0 saturated heterocycles. The quantitative estimate of drug-likeness (QED) is 0.511. The molecular formula is C20H18BrN3O2. The summed E-state index contributed by atoms with van der Waals surface area (Å²) in [5.41, 5.74) is 2.93. The number of ether oxygens (including phenoxy) is 1. The predicted octanol–water partition coefficient (Wildman–Crippen LogP) is 4.02. The van der Waals surface area contributed by atoms with E-state index in [0.717, 1.165) is 37.8 Å². The van der Waals surface area contributed by atoms with Crippen molar-refractivity contribution in [2.75, 3.05) is 7.11 Å². The fourth-order valence-corrected chi connectivity index (χ4v) is 4.18. The molecule has 0 unspecified atom stereocenters. The third-order valence-corrected chi connectivity index (χ3v) is 5.29. The van der Waals surface area contributed by atoms with E-state index in [-0.39, 0.29) is 5.56 Å². The number of rotatable bonds is 3. The largest absolute Gasteiger partial charge is 0.497 e. The minimum atomic E-state index is -0.0200. The molecule has 0 radical (unpaired) electrons. The lowest BCUT2D eigenvalue weighted by molar-refractivity contribution is 0.414. The summed E-state index contributed by atoms with van der Waals surface area (Å²) in [6, 6.07) is 11.8. The highest BCUT2D eigenvalue weighted by atomic mass is 79.9. The van der Waals surface area contributed by atoms with E-state index in [9.17, 15) is 4.79 Å². The summed E-state index contributed by atoms with van der Waals surface area (Å²) in [4.78, 5) is 12.9. The molecule has 2 heterocycles. The lowest BCUT2D eigenvalue weighted by atomic mass is 10.1. The van der Waals surface area contributed by atoms with Crippen LogP contribution in [0.5, 0.6) is 5.75 Å². The third kappa shape index (κ3) is 2.61. The van der Waals surface area contributed by atoms with Crippen LogP contribution in [-0.4, -0.2) is 21.5 Å². The van der Waals surface area contributed by atoms with Crippen molar-refractivity contribution in [2.45, 2.75) is 13.5 Å². The van der Waals surface area contributed by atoms with E-state index >= 15 is 0 Å². The molecule has 0 aliphatic rings. The monoisotopic (exact) mass is 411 g/mol. The molecular weight excluding hydrogens is 394 g/mol. The van der Waals surface area contributed by atoms with Crippen LogP contribution in [0.3, 0.4) is 0 Å². The van der Waals surface area contributed by atoms with Crippen LogP contribution in [0.1, 0.15) is 11.1 Å². The van der Waals surface area contributed by atoms with E-state index in [1.165, 1.54) is 0 Å². The molecule has 0 spiro atoms. The molecule has 4 aromatic rings. The van der Waals surface area contributed by atoms with Gasteiger partial charge >= 0.3 is 0 Å². The number of aromatic nitrogens is 3. The van der Waals surface area contributed by atoms with Gasteiger partial charge in [-0.3, -0.25) is 9.36 Å². The molecule has 26 heavy (non-hydrogen) atoms. The predicted molar refractivity (Wildman–Crippen MR) is 107 cm³/mol. The van der Waals surface area contributed by atoms with Gasteiger partial charge in [0.2, 0.25) is 0 Å². The minimum Gasteiger partial charge on any atom is -0.497 e. The Kier molecular flexibility index (Phi) is 4.07. The van der Waals surface area contributed by atoms with Gasteiger partial charge in [-0.1, -0.05) is 28.1 Å². The van der Waals surface area contributed by atoms with Crippen LogP contribution >= 0.6 is 15.9 Å². The molecule has 132 valence electrons. The summed E-state index contributed by atoms with van der Waals surface area (Å²) >= 11 is 3.62. The van der Waals surface area contributed by atoms with Crippen molar-refractivity contribution in [3.05, 3.63) is 68.5 Å². The average Bonchev–Trinajstić information content (AvgIpc) is 3.03. The summed E-state index contributed by atoms with van der Waals surface area (Å²) in [5, 5.41) is 7.13. The molecule has 0 amide bonds. The van der Waals surface area contributed by atoms with Crippen molar-refractivity contribution in [3.63, 3.8) is 0 Å². The molecule has 0 N–H and O–H groups in total. The van der Waals surface area contributed by atoms with Gasteiger partial charge in [0.05, 0.1) is 19.9 Å². The molecule has 0 bridgehead atoms.